The maximum Gasteiger partial charge on any atom is 0.289 e. The van der Waals surface area contributed by atoms with Gasteiger partial charge in [-0.25, -0.2) is 0 Å². The number of rotatable bonds is 4. The summed E-state index contributed by atoms with van der Waals surface area (Å²) in [5.74, 6) is 1.16. The second kappa shape index (κ2) is 6.02. The highest BCUT2D eigenvalue weighted by molar-refractivity contribution is 5.91. The van der Waals surface area contributed by atoms with Crippen molar-refractivity contribution in [2.75, 3.05) is 46.3 Å². The molecule has 0 spiro atoms. The number of amides is 1. The van der Waals surface area contributed by atoms with Crippen LogP contribution in [0.2, 0.25) is 0 Å². The maximum absolute atomic E-state index is 12.0. The number of nitrogens with one attached hydrogen (secondary N) is 1. The molecule has 0 atom stereocenters. The lowest BCUT2D eigenvalue weighted by Crippen LogP contribution is -2.46. The fraction of sp³-hybridized carbons (Fsp3) is 0.615. The summed E-state index contributed by atoms with van der Waals surface area (Å²) < 4.78 is 5.34. The zero-order chi connectivity index (χ0) is 13.0. The number of carbonyl (C=O) groups excluding carboxylic acids is 1. The summed E-state index contributed by atoms with van der Waals surface area (Å²) in [6.07, 6.45) is 0. The third-order valence-corrected chi connectivity index (χ3v) is 3.26. The van der Waals surface area contributed by atoms with E-state index in [1.165, 1.54) is 0 Å². The highest BCUT2D eigenvalue weighted by Gasteiger charge is 2.16. The van der Waals surface area contributed by atoms with Crippen LogP contribution in [0.4, 0.5) is 0 Å². The molecule has 0 bridgehead atoms. The predicted molar refractivity (Wildman–Crippen MR) is 69.7 cm³/mol. The van der Waals surface area contributed by atoms with E-state index in [2.05, 4.69) is 10.2 Å². The van der Waals surface area contributed by atoms with Crippen LogP contribution >= 0.6 is 0 Å². The number of piperazine rings is 1. The highest BCUT2D eigenvalue weighted by Crippen LogP contribution is 2.08. The average Bonchev–Trinajstić information content (AvgIpc) is 2.83. The van der Waals surface area contributed by atoms with Crippen molar-refractivity contribution in [2.24, 2.45) is 0 Å². The summed E-state index contributed by atoms with van der Waals surface area (Å²) >= 11 is 0. The first-order valence-electron chi connectivity index (χ1n) is 6.42. The van der Waals surface area contributed by atoms with Crippen LogP contribution in [0, 0.1) is 6.92 Å². The van der Waals surface area contributed by atoms with Crippen LogP contribution in [0.15, 0.2) is 16.5 Å². The van der Waals surface area contributed by atoms with Crippen LogP contribution in [0.5, 0.6) is 0 Å². The summed E-state index contributed by atoms with van der Waals surface area (Å²) in [5.41, 5.74) is 0. The van der Waals surface area contributed by atoms with Crippen molar-refractivity contribution in [3.05, 3.63) is 23.7 Å². The van der Waals surface area contributed by atoms with Gasteiger partial charge in [-0.05, 0) is 19.1 Å². The minimum Gasteiger partial charge on any atom is -0.456 e. The van der Waals surface area contributed by atoms with E-state index in [9.17, 15) is 4.79 Å². The standard InChI is InChI=1S/C13H21N3O2/c1-11-3-4-12(18-11)13(17)15(2)9-10-16-7-5-14-6-8-16/h3-4,14H,5-10H2,1-2H3. The van der Waals surface area contributed by atoms with Crippen molar-refractivity contribution in [1.29, 1.82) is 0 Å². The van der Waals surface area contributed by atoms with Crippen molar-refractivity contribution in [2.45, 2.75) is 6.92 Å². The molecule has 0 radical (unpaired) electrons. The fourth-order valence-electron chi connectivity index (χ4n) is 2.07. The quantitative estimate of drug-likeness (QED) is 0.850. The van der Waals surface area contributed by atoms with E-state index in [0.29, 0.717) is 5.76 Å². The molecule has 1 aliphatic rings. The van der Waals surface area contributed by atoms with Gasteiger partial charge in [0.1, 0.15) is 5.76 Å². The highest BCUT2D eigenvalue weighted by atomic mass is 16.3. The minimum absolute atomic E-state index is 0.0433. The zero-order valence-corrected chi connectivity index (χ0v) is 11.1. The fourth-order valence-corrected chi connectivity index (χ4v) is 2.07. The Labute approximate surface area is 108 Å². The molecule has 0 unspecified atom stereocenters. The lowest BCUT2D eigenvalue weighted by atomic mass is 10.3. The Kier molecular flexibility index (Phi) is 4.38. The molecule has 5 heteroatoms. The van der Waals surface area contributed by atoms with Gasteiger partial charge < -0.3 is 14.6 Å². The first-order chi connectivity index (χ1) is 8.66. The van der Waals surface area contributed by atoms with E-state index in [-0.39, 0.29) is 5.91 Å². The number of nitrogens with zero attached hydrogens (tertiary/aromatic N) is 2. The smallest absolute Gasteiger partial charge is 0.289 e. The summed E-state index contributed by atoms with van der Waals surface area (Å²) in [6, 6.07) is 3.55. The third-order valence-electron chi connectivity index (χ3n) is 3.26. The van der Waals surface area contributed by atoms with Crippen LogP contribution in [0.25, 0.3) is 0 Å². The number of carbonyl (C=O) groups is 1. The zero-order valence-electron chi connectivity index (χ0n) is 11.1. The summed E-state index contributed by atoms with van der Waals surface area (Å²) in [4.78, 5) is 16.1. The van der Waals surface area contributed by atoms with E-state index in [4.69, 9.17) is 4.42 Å². The van der Waals surface area contributed by atoms with E-state index in [0.717, 1.165) is 45.0 Å². The number of furan rings is 1. The Morgan fingerprint density at radius 1 is 1.44 bits per heavy atom. The van der Waals surface area contributed by atoms with E-state index in [1.807, 2.05) is 20.0 Å². The summed E-state index contributed by atoms with van der Waals surface area (Å²) in [6.45, 7) is 7.69. The van der Waals surface area contributed by atoms with Gasteiger partial charge in [0.15, 0.2) is 5.76 Å². The molecule has 1 aliphatic heterocycles. The Balaban J connectivity index is 1.80. The molecule has 2 heterocycles. The molecule has 18 heavy (non-hydrogen) atoms. The van der Waals surface area contributed by atoms with Crippen molar-refractivity contribution >= 4 is 5.91 Å². The molecule has 0 aliphatic carbocycles. The van der Waals surface area contributed by atoms with Crippen LogP contribution in [0.1, 0.15) is 16.3 Å². The third kappa shape index (κ3) is 3.34. The SMILES string of the molecule is Cc1ccc(C(=O)N(C)CCN2CCNCC2)o1. The molecule has 1 N–H and O–H groups in total. The number of hydrogen-bond donors (Lipinski definition) is 1. The summed E-state index contributed by atoms with van der Waals surface area (Å²) in [5, 5.41) is 3.32. The van der Waals surface area contributed by atoms with Gasteiger partial charge in [-0.2, -0.15) is 0 Å². The van der Waals surface area contributed by atoms with Gasteiger partial charge >= 0.3 is 0 Å². The lowest BCUT2D eigenvalue weighted by Gasteiger charge is -2.28. The van der Waals surface area contributed by atoms with Crippen molar-refractivity contribution < 1.29 is 9.21 Å². The van der Waals surface area contributed by atoms with E-state index in [1.54, 1.807) is 11.0 Å². The van der Waals surface area contributed by atoms with Crippen LogP contribution in [-0.4, -0.2) is 62.0 Å². The largest absolute Gasteiger partial charge is 0.456 e. The molecule has 1 amide bonds. The molecular formula is C13H21N3O2. The monoisotopic (exact) mass is 251 g/mol. The van der Waals surface area contributed by atoms with Gasteiger partial charge in [0.05, 0.1) is 0 Å². The predicted octanol–water partition coefficient (Wildman–Crippen LogP) is 0.565. The molecule has 1 aromatic heterocycles. The molecular weight excluding hydrogens is 230 g/mol. The van der Waals surface area contributed by atoms with E-state index < -0.39 is 0 Å². The molecule has 5 nitrogen and oxygen atoms in total. The minimum atomic E-state index is -0.0433. The molecule has 2 rings (SSSR count). The Morgan fingerprint density at radius 2 is 2.17 bits per heavy atom. The first-order valence-corrected chi connectivity index (χ1v) is 6.42. The van der Waals surface area contributed by atoms with Gasteiger partial charge in [0, 0.05) is 46.3 Å². The molecule has 0 saturated carbocycles. The van der Waals surface area contributed by atoms with Gasteiger partial charge in [-0.1, -0.05) is 0 Å². The number of hydrogen-bond acceptors (Lipinski definition) is 4. The first kappa shape index (κ1) is 13.1. The van der Waals surface area contributed by atoms with Crippen LogP contribution < -0.4 is 5.32 Å². The second-order valence-corrected chi connectivity index (χ2v) is 4.73. The normalized spacial score (nSPS) is 16.8. The van der Waals surface area contributed by atoms with Crippen LogP contribution in [-0.2, 0) is 0 Å². The Hall–Kier alpha value is -1.33. The molecule has 100 valence electrons. The van der Waals surface area contributed by atoms with E-state index >= 15 is 0 Å². The number of aryl methyl sites for hydroxylation is 1. The molecule has 1 saturated heterocycles. The van der Waals surface area contributed by atoms with Crippen LogP contribution in [0.3, 0.4) is 0 Å². The molecule has 1 fully saturated rings. The lowest BCUT2D eigenvalue weighted by molar-refractivity contribution is 0.0742. The molecule has 0 aromatic carbocycles. The second-order valence-electron chi connectivity index (χ2n) is 4.73. The summed E-state index contributed by atoms with van der Waals surface area (Å²) in [7, 11) is 1.82. The van der Waals surface area contributed by atoms with Crippen molar-refractivity contribution in [3.8, 4) is 0 Å². The van der Waals surface area contributed by atoms with Gasteiger partial charge in [-0.15, -0.1) is 0 Å². The Morgan fingerprint density at radius 3 is 2.78 bits per heavy atom. The number of likely N-dealkylation sites (N-methyl/N-ethyl adjacent to an activating group) is 1. The van der Waals surface area contributed by atoms with Gasteiger partial charge in [-0.3, -0.25) is 9.69 Å². The molecule has 1 aromatic rings. The average molecular weight is 251 g/mol. The maximum atomic E-state index is 12.0. The topological polar surface area (TPSA) is 48.7 Å². The Bertz CT molecular complexity index is 397. The van der Waals surface area contributed by atoms with Crippen molar-refractivity contribution in [3.63, 3.8) is 0 Å². The van der Waals surface area contributed by atoms with Crippen molar-refractivity contribution in [1.82, 2.24) is 15.1 Å². The van der Waals surface area contributed by atoms with Gasteiger partial charge in [0.2, 0.25) is 0 Å². The van der Waals surface area contributed by atoms with Gasteiger partial charge in [0.25, 0.3) is 5.91 Å².